The Morgan fingerprint density at radius 3 is 1.92 bits per heavy atom. The SMILES string of the molecule is c1ccc(-n2c3cc4c(cc3c3ccc5ccccc5c32)c2ccccc2n4-c2ccc(-c3cccc4c3oc3ccccc34)cc2)cc1. The van der Waals surface area contributed by atoms with Gasteiger partial charge < -0.3 is 13.6 Å². The molecule has 0 atom stereocenters. The quantitative estimate of drug-likeness (QED) is 0.192. The molecule has 0 aliphatic heterocycles. The highest BCUT2D eigenvalue weighted by Gasteiger charge is 2.20. The molecule has 49 heavy (non-hydrogen) atoms. The lowest BCUT2D eigenvalue weighted by atomic mass is 10.0. The molecule has 11 rings (SSSR count). The van der Waals surface area contributed by atoms with Gasteiger partial charge in [0.25, 0.3) is 0 Å². The molecule has 0 N–H and O–H groups in total. The number of aromatic nitrogens is 2. The van der Waals surface area contributed by atoms with Gasteiger partial charge in [-0.3, -0.25) is 0 Å². The molecule has 0 fully saturated rings. The number of benzene rings is 8. The molecule has 0 saturated heterocycles. The summed E-state index contributed by atoms with van der Waals surface area (Å²) < 4.78 is 11.3. The van der Waals surface area contributed by atoms with Crippen molar-refractivity contribution >= 4 is 76.3 Å². The fourth-order valence-corrected chi connectivity index (χ4v) is 8.13. The molecule has 0 aliphatic carbocycles. The summed E-state index contributed by atoms with van der Waals surface area (Å²) in [7, 11) is 0. The van der Waals surface area contributed by atoms with Crippen LogP contribution < -0.4 is 0 Å². The van der Waals surface area contributed by atoms with Crippen molar-refractivity contribution in [3.8, 4) is 22.5 Å². The Bertz CT molecular complexity index is 3090. The van der Waals surface area contributed by atoms with Gasteiger partial charge in [-0.2, -0.15) is 0 Å². The minimum absolute atomic E-state index is 0.916. The van der Waals surface area contributed by atoms with Crippen molar-refractivity contribution in [3.05, 3.63) is 170 Å². The smallest absolute Gasteiger partial charge is 0.143 e. The minimum atomic E-state index is 0.916. The first-order chi connectivity index (χ1) is 24.3. The lowest BCUT2D eigenvalue weighted by Crippen LogP contribution is -1.96. The van der Waals surface area contributed by atoms with Crippen molar-refractivity contribution in [3.63, 3.8) is 0 Å². The Kier molecular flexibility index (Phi) is 5.38. The van der Waals surface area contributed by atoms with E-state index in [1.165, 1.54) is 54.4 Å². The van der Waals surface area contributed by atoms with Gasteiger partial charge in [-0.05, 0) is 59.5 Å². The van der Waals surface area contributed by atoms with Gasteiger partial charge in [0.2, 0.25) is 0 Å². The van der Waals surface area contributed by atoms with E-state index in [-0.39, 0.29) is 0 Å². The fourth-order valence-electron chi connectivity index (χ4n) is 8.13. The number of furan rings is 1. The molecule has 3 heteroatoms. The summed E-state index contributed by atoms with van der Waals surface area (Å²) in [6.07, 6.45) is 0. The molecule has 11 aromatic rings. The molecule has 3 heterocycles. The van der Waals surface area contributed by atoms with Crippen molar-refractivity contribution in [2.45, 2.75) is 0 Å². The van der Waals surface area contributed by atoms with Crippen molar-refractivity contribution in [1.82, 2.24) is 9.13 Å². The molecule has 3 aromatic heterocycles. The minimum Gasteiger partial charge on any atom is -0.455 e. The zero-order valence-corrected chi connectivity index (χ0v) is 26.5. The van der Waals surface area contributed by atoms with Gasteiger partial charge in [-0.25, -0.2) is 0 Å². The average molecular weight is 625 g/mol. The Morgan fingerprint density at radius 2 is 1.04 bits per heavy atom. The van der Waals surface area contributed by atoms with Crippen LogP contribution in [0, 0.1) is 0 Å². The van der Waals surface area contributed by atoms with Crippen LogP contribution in [0.15, 0.2) is 174 Å². The van der Waals surface area contributed by atoms with Crippen molar-refractivity contribution in [2.24, 2.45) is 0 Å². The molecule has 0 amide bonds. The molecule has 0 saturated carbocycles. The molecule has 0 unspecified atom stereocenters. The molecule has 0 radical (unpaired) electrons. The topological polar surface area (TPSA) is 23.0 Å². The van der Waals surface area contributed by atoms with Crippen LogP contribution in [0.2, 0.25) is 0 Å². The Hall–Kier alpha value is -6.58. The maximum Gasteiger partial charge on any atom is 0.143 e. The van der Waals surface area contributed by atoms with Crippen LogP contribution >= 0.6 is 0 Å². The summed E-state index contributed by atoms with van der Waals surface area (Å²) in [6.45, 7) is 0. The lowest BCUT2D eigenvalue weighted by molar-refractivity contribution is 0.670. The van der Waals surface area contributed by atoms with Crippen LogP contribution in [0.4, 0.5) is 0 Å². The maximum atomic E-state index is 6.39. The molecule has 0 bridgehead atoms. The van der Waals surface area contributed by atoms with Gasteiger partial charge >= 0.3 is 0 Å². The van der Waals surface area contributed by atoms with E-state index in [2.05, 4.69) is 167 Å². The van der Waals surface area contributed by atoms with Crippen molar-refractivity contribution < 1.29 is 4.42 Å². The van der Waals surface area contributed by atoms with Crippen LogP contribution in [-0.4, -0.2) is 9.13 Å². The zero-order chi connectivity index (χ0) is 32.1. The molecular formula is C46H28N2O. The second-order valence-electron chi connectivity index (χ2n) is 12.9. The molecular weight excluding hydrogens is 597 g/mol. The first kappa shape index (κ1) is 26.5. The van der Waals surface area contributed by atoms with Crippen LogP contribution in [0.3, 0.4) is 0 Å². The summed E-state index contributed by atoms with van der Waals surface area (Å²) >= 11 is 0. The van der Waals surface area contributed by atoms with E-state index in [1.807, 2.05) is 12.1 Å². The summed E-state index contributed by atoms with van der Waals surface area (Å²) in [4.78, 5) is 0. The second kappa shape index (κ2) is 9.96. The zero-order valence-electron chi connectivity index (χ0n) is 26.5. The average Bonchev–Trinajstić information content (AvgIpc) is 3.82. The summed E-state index contributed by atoms with van der Waals surface area (Å²) in [5, 5.41) is 9.81. The molecule has 0 spiro atoms. The van der Waals surface area contributed by atoms with E-state index in [1.54, 1.807) is 0 Å². The molecule has 3 nitrogen and oxygen atoms in total. The van der Waals surface area contributed by atoms with Gasteiger partial charge in [-0.1, -0.05) is 121 Å². The van der Waals surface area contributed by atoms with Crippen molar-refractivity contribution in [2.75, 3.05) is 0 Å². The number of rotatable bonds is 3. The van der Waals surface area contributed by atoms with Gasteiger partial charge in [0.15, 0.2) is 0 Å². The van der Waals surface area contributed by atoms with E-state index < -0.39 is 0 Å². The molecule has 228 valence electrons. The number of hydrogen-bond donors (Lipinski definition) is 0. The normalized spacial score (nSPS) is 12.1. The van der Waals surface area contributed by atoms with E-state index in [0.717, 1.165) is 44.4 Å². The highest BCUT2D eigenvalue weighted by molar-refractivity contribution is 6.23. The summed E-state index contributed by atoms with van der Waals surface area (Å²) in [5.74, 6) is 0. The standard InChI is InChI=1S/C46H28N2O/c1-2-12-31(13-3-1)48-43-28-42-39(27-40(43)37-26-23-29-11-4-5-14-33(29)45(37)48)35-15-6-8-19-41(35)47(42)32-24-21-30(22-25-32)34-17-10-18-38-36-16-7-9-20-44(36)49-46(34)38/h1-28H. The Balaban J connectivity index is 1.18. The van der Waals surface area contributed by atoms with Crippen LogP contribution in [0.5, 0.6) is 0 Å². The summed E-state index contributed by atoms with van der Waals surface area (Å²) in [5.41, 5.74) is 11.2. The van der Waals surface area contributed by atoms with Gasteiger partial charge in [0.05, 0.1) is 22.1 Å². The Labute approximate surface area is 281 Å². The van der Waals surface area contributed by atoms with E-state index >= 15 is 0 Å². The summed E-state index contributed by atoms with van der Waals surface area (Å²) in [6, 6.07) is 61.3. The third-order valence-electron chi connectivity index (χ3n) is 10.3. The fraction of sp³-hybridized carbons (Fsp3) is 0. The number of para-hydroxylation sites is 4. The van der Waals surface area contributed by atoms with Crippen LogP contribution in [-0.2, 0) is 0 Å². The number of hydrogen-bond acceptors (Lipinski definition) is 1. The number of fused-ring (bicyclic) bond motifs is 11. The first-order valence-corrected chi connectivity index (χ1v) is 16.8. The van der Waals surface area contributed by atoms with E-state index in [9.17, 15) is 0 Å². The van der Waals surface area contributed by atoms with Gasteiger partial charge in [0.1, 0.15) is 11.2 Å². The van der Waals surface area contributed by atoms with E-state index in [0.29, 0.717) is 0 Å². The number of nitrogens with zero attached hydrogens (tertiary/aromatic N) is 2. The predicted octanol–water partition coefficient (Wildman–Crippen LogP) is 12.6. The molecule has 8 aromatic carbocycles. The van der Waals surface area contributed by atoms with Crippen molar-refractivity contribution in [1.29, 1.82) is 0 Å². The highest BCUT2D eigenvalue weighted by Crippen LogP contribution is 2.42. The largest absolute Gasteiger partial charge is 0.455 e. The first-order valence-electron chi connectivity index (χ1n) is 16.8. The predicted molar refractivity (Wildman–Crippen MR) is 205 cm³/mol. The van der Waals surface area contributed by atoms with Gasteiger partial charge in [-0.15, -0.1) is 0 Å². The van der Waals surface area contributed by atoms with Gasteiger partial charge in [0, 0.05) is 54.6 Å². The Morgan fingerprint density at radius 1 is 0.367 bits per heavy atom. The van der Waals surface area contributed by atoms with Crippen LogP contribution in [0.25, 0.3) is 98.8 Å². The van der Waals surface area contributed by atoms with Crippen LogP contribution in [0.1, 0.15) is 0 Å². The monoisotopic (exact) mass is 624 g/mol. The third kappa shape index (κ3) is 3.73. The lowest BCUT2D eigenvalue weighted by Gasteiger charge is -2.11. The second-order valence-corrected chi connectivity index (χ2v) is 12.9. The molecule has 0 aliphatic rings. The van der Waals surface area contributed by atoms with E-state index in [4.69, 9.17) is 4.42 Å². The third-order valence-corrected chi connectivity index (χ3v) is 10.3. The highest BCUT2D eigenvalue weighted by atomic mass is 16.3. The maximum absolute atomic E-state index is 6.39.